The van der Waals surface area contributed by atoms with E-state index in [9.17, 15) is 23.5 Å². The highest BCUT2D eigenvalue weighted by molar-refractivity contribution is 6.31. The molecule has 0 aliphatic carbocycles. The van der Waals surface area contributed by atoms with E-state index in [-0.39, 0.29) is 30.4 Å². The quantitative estimate of drug-likeness (QED) is 0.411. The van der Waals surface area contributed by atoms with Gasteiger partial charge in [0.25, 0.3) is 0 Å². The Morgan fingerprint density at radius 2 is 1.97 bits per heavy atom. The summed E-state index contributed by atoms with van der Waals surface area (Å²) in [6, 6.07) is 8.79. The van der Waals surface area contributed by atoms with E-state index in [2.05, 4.69) is 15.6 Å². The standard InChI is InChI=1S/C24H25ClF2N4O4/c1-14(32)8-19(31(2)23(33)29-12-16-4-3-5-20(27)22(16)25)13-35-24(34)30-21-10-17-9-18(26)7-6-15(17)11-28-21/h3-7,9-11,14,19,32H,8,12-13H2,1-2H3,(H,29,33)(H,28,30,34)/t14?,19-/m0/s1. The Labute approximate surface area is 205 Å². The van der Waals surface area contributed by atoms with Crippen LogP contribution in [0.15, 0.2) is 48.7 Å². The number of ether oxygens (including phenoxy) is 1. The predicted molar refractivity (Wildman–Crippen MR) is 128 cm³/mol. The van der Waals surface area contributed by atoms with Crippen LogP contribution in [0.2, 0.25) is 5.02 Å². The van der Waals surface area contributed by atoms with Gasteiger partial charge < -0.3 is 20.1 Å². The fourth-order valence-corrected chi connectivity index (χ4v) is 3.56. The van der Waals surface area contributed by atoms with Crippen LogP contribution in [-0.4, -0.2) is 52.9 Å². The molecule has 8 nitrogen and oxygen atoms in total. The third kappa shape index (κ3) is 7.24. The summed E-state index contributed by atoms with van der Waals surface area (Å²) in [5.41, 5.74) is 0.402. The number of likely N-dealkylation sites (N-methyl/N-ethyl adjacent to an activating group) is 1. The number of anilines is 1. The van der Waals surface area contributed by atoms with E-state index in [0.717, 1.165) is 0 Å². The maximum absolute atomic E-state index is 13.6. The summed E-state index contributed by atoms with van der Waals surface area (Å²) in [4.78, 5) is 30.3. The number of nitrogens with zero attached hydrogens (tertiary/aromatic N) is 2. The molecule has 3 N–H and O–H groups in total. The van der Waals surface area contributed by atoms with Gasteiger partial charge in [-0.15, -0.1) is 0 Å². The van der Waals surface area contributed by atoms with Gasteiger partial charge >= 0.3 is 12.1 Å². The smallest absolute Gasteiger partial charge is 0.412 e. The summed E-state index contributed by atoms with van der Waals surface area (Å²) in [5.74, 6) is -0.846. The summed E-state index contributed by atoms with van der Waals surface area (Å²) in [6.07, 6.45) is 0.00972. The van der Waals surface area contributed by atoms with Crippen LogP contribution in [0.25, 0.3) is 10.8 Å². The van der Waals surface area contributed by atoms with Gasteiger partial charge in [0.05, 0.1) is 17.2 Å². The number of urea groups is 1. The zero-order chi connectivity index (χ0) is 25.5. The molecule has 0 saturated heterocycles. The molecule has 35 heavy (non-hydrogen) atoms. The number of aromatic nitrogens is 1. The van der Waals surface area contributed by atoms with Crippen molar-refractivity contribution in [2.45, 2.75) is 32.0 Å². The summed E-state index contributed by atoms with van der Waals surface area (Å²) < 4.78 is 32.3. The topological polar surface area (TPSA) is 104 Å². The van der Waals surface area contributed by atoms with Crippen LogP contribution < -0.4 is 10.6 Å². The van der Waals surface area contributed by atoms with E-state index in [1.165, 1.54) is 48.5 Å². The number of benzene rings is 2. The number of hydrogen-bond donors (Lipinski definition) is 3. The van der Waals surface area contributed by atoms with Gasteiger partial charge in [0, 0.05) is 25.2 Å². The molecule has 3 amide bonds. The van der Waals surface area contributed by atoms with Gasteiger partial charge in [-0.05, 0) is 54.6 Å². The highest BCUT2D eigenvalue weighted by Crippen LogP contribution is 2.20. The lowest BCUT2D eigenvalue weighted by atomic mass is 10.1. The molecular weight excluding hydrogens is 482 g/mol. The van der Waals surface area contributed by atoms with E-state index in [1.807, 2.05) is 0 Å². The first-order valence-electron chi connectivity index (χ1n) is 10.7. The van der Waals surface area contributed by atoms with Crippen molar-refractivity contribution in [2.24, 2.45) is 0 Å². The van der Waals surface area contributed by atoms with Crippen molar-refractivity contribution >= 4 is 40.3 Å². The van der Waals surface area contributed by atoms with Crippen LogP contribution in [0.3, 0.4) is 0 Å². The lowest BCUT2D eigenvalue weighted by Crippen LogP contribution is -2.47. The number of halogens is 3. The van der Waals surface area contributed by atoms with Crippen molar-refractivity contribution in [2.75, 3.05) is 19.0 Å². The third-order valence-electron chi connectivity index (χ3n) is 5.26. The average molecular weight is 507 g/mol. The molecule has 0 bridgehead atoms. The molecule has 3 aromatic rings. The van der Waals surface area contributed by atoms with Crippen LogP contribution in [-0.2, 0) is 11.3 Å². The fourth-order valence-electron chi connectivity index (χ4n) is 3.37. The minimum atomic E-state index is -0.829. The highest BCUT2D eigenvalue weighted by Gasteiger charge is 2.23. The number of nitrogens with one attached hydrogen (secondary N) is 2. The molecule has 0 aliphatic heterocycles. The first-order chi connectivity index (χ1) is 16.6. The van der Waals surface area contributed by atoms with Crippen molar-refractivity contribution in [3.8, 4) is 0 Å². The Bertz CT molecular complexity index is 1210. The number of fused-ring (bicyclic) bond motifs is 1. The molecule has 0 saturated carbocycles. The van der Waals surface area contributed by atoms with E-state index >= 15 is 0 Å². The first-order valence-corrected chi connectivity index (χ1v) is 11.1. The molecule has 1 heterocycles. The molecular formula is C24H25ClF2N4O4. The second-order valence-electron chi connectivity index (χ2n) is 8.01. The van der Waals surface area contributed by atoms with Gasteiger partial charge in [-0.25, -0.2) is 23.4 Å². The summed E-state index contributed by atoms with van der Waals surface area (Å²) >= 11 is 5.92. The maximum atomic E-state index is 13.6. The van der Waals surface area contributed by atoms with Crippen LogP contribution in [0.5, 0.6) is 0 Å². The molecule has 0 aliphatic rings. The Kier molecular flexibility index (Phi) is 8.78. The lowest BCUT2D eigenvalue weighted by molar-refractivity contribution is 0.0847. The van der Waals surface area contributed by atoms with Crippen molar-refractivity contribution in [1.82, 2.24) is 15.2 Å². The van der Waals surface area contributed by atoms with Crippen LogP contribution in [0.4, 0.5) is 24.2 Å². The van der Waals surface area contributed by atoms with Crippen LogP contribution in [0, 0.1) is 11.6 Å². The number of carbonyl (C=O) groups excluding carboxylic acids is 2. The molecule has 0 radical (unpaired) electrons. The summed E-state index contributed by atoms with van der Waals surface area (Å²) in [6.45, 7) is 1.31. The molecule has 1 unspecified atom stereocenters. The molecule has 3 rings (SSSR count). The second kappa shape index (κ2) is 11.8. The largest absolute Gasteiger partial charge is 0.447 e. The van der Waals surface area contributed by atoms with Crippen molar-refractivity contribution in [3.05, 3.63) is 70.9 Å². The van der Waals surface area contributed by atoms with Gasteiger partial charge in [0.15, 0.2) is 0 Å². The monoisotopic (exact) mass is 506 g/mol. The number of pyridine rings is 1. The Morgan fingerprint density at radius 3 is 2.71 bits per heavy atom. The average Bonchev–Trinajstić information content (AvgIpc) is 2.81. The molecule has 186 valence electrons. The minimum absolute atomic E-state index is 0.0171. The van der Waals surface area contributed by atoms with Crippen molar-refractivity contribution in [1.29, 1.82) is 0 Å². The predicted octanol–water partition coefficient (Wildman–Crippen LogP) is 4.70. The van der Waals surface area contributed by atoms with Gasteiger partial charge in [0.2, 0.25) is 0 Å². The number of carbonyl (C=O) groups is 2. The number of amides is 3. The summed E-state index contributed by atoms with van der Waals surface area (Å²) in [5, 5.41) is 16.1. The Morgan fingerprint density at radius 1 is 1.20 bits per heavy atom. The summed E-state index contributed by atoms with van der Waals surface area (Å²) in [7, 11) is 1.48. The normalized spacial score (nSPS) is 12.6. The number of hydrogen-bond acceptors (Lipinski definition) is 5. The zero-order valence-electron chi connectivity index (χ0n) is 19.1. The second-order valence-corrected chi connectivity index (χ2v) is 8.38. The van der Waals surface area contributed by atoms with Gasteiger partial charge in [-0.1, -0.05) is 23.7 Å². The SMILES string of the molecule is CC(O)C[C@@H](COC(=O)Nc1cc2cc(F)ccc2cn1)N(C)C(=O)NCc1cccc(F)c1Cl. The van der Waals surface area contributed by atoms with Crippen LogP contribution in [0.1, 0.15) is 18.9 Å². The Hall–Kier alpha value is -3.50. The molecule has 11 heteroatoms. The van der Waals surface area contributed by atoms with E-state index in [0.29, 0.717) is 16.3 Å². The number of rotatable bonds is 8. The minimum Gasteiger partial charge on any atom is -0.447 e. The fraction of sp³-hybridized carbons (Fsp3) is 0.292. The molecule has 2 aromatic carbocycles. The molecule has 0 fully saturated rings. The maximum Gasteiger partial charge on any atom is 0.412 e. The van der Waals surface area contributed by atoms with E-state index in [4.69, 9.17) is 16.3 Å². The zero-order valence-corrected chi connectivity index (χ0v) is 19.9. The lowest BCUT2D eigenvalue weighted by Gasteiger charge is -2.29. The number of aliphatic hydroxyl groups excluding tert-OH is 1. The third-order valence-corrected chi connectivity index (χ3v) is 5.69. The van der Waals surface area contributed by atoms with E-state index in [1.54, 1.807) is 19.1 Å². The van der Waals surface area contributed by atoms with Gasteiger partial charge in [-0.2, -0.15) is 0 Å². The van der Waals surface area contributed by atoms with Gasteiger partial charge in [-0.3, -0.25) is 5.32 Å². The van der Waals surface area contributed by atoms with Gasteiger partial charge in [0.1, 0.15) is 24.1 Å². The van der Waals surface area contributed by atoms with E-state index < -0.39 is 35.9 Å². The number of aliphatic hydroxyl groups is 1. The molecule has 2 atom stereocenters. The van der Waals surface area contributed by atoms with Crippen molar-refractivity contribution in [3.63, 3.8) is 0 Å². The van der Waals surface area contributed by atoms with Crippen LogP contribution >= 0.6 is 11.6 Å². The first kappa shape index (κ1) is 26.1. The van der Waals surface area contributed by atoms with Crippen molar-refractivity contribution < 1.29 is 28.2 Å². The molecule has 1 aromatic heterocycles. The molecule has 0 spiro atoms. The Balaban J connectivity index is 1.58. The highest BCUT2D eigenvalue weighted by atomic mass is 35.5.